The van der Waals surface area contributed by atoms with E-state index in [-0.39, 0.29) is 12.6 Å². The molecule has 1 N–H and O–H groups in total. The van der Waals surface area contributed by atoms with Crippen LogP contribution >= 0.6 is 0 Å². The minimum absolute atomic E-state index is 0.130. The first kappa shape index (κ1) is 14.4. The Bertz CT molecular complexity index is 451. The first-order valence-electron chi connectivity index (χ1n) is 7.09. The molecule has 19 heavy (non-hydrogen) atoms. The topological polar surface area (TPSA) is 32.7 Å². The fraction of sp³-hybridized carbons (Fsp3) is 0.625. The maximum absolute atomic E-state index is 9.80. The maximum atomic E-state index is 9.80. The third kappa shape index (κ3) is 2.63. The molecule has 0 radical (unpaired) electrons. The SMILES string of the molecule is COc1c(C)cc(C(CO)N2CCCC2)c(C)c1C. The van der Waals surface area contributed by atoms with Crippen molar-refractivity contribution in [2.24, 2.45) is 0 Å². The lowest BCUT2D eigenvalue weighted by molar-refractivity contribution is 0.146. The number of hydrogen-bond donors (Lipinski definition) is 1. The van der Waals surface area contributed by atoms with Gasteiger partial charge in [-0.3, -0.25) is 4.90 Å². The lowest BCUT2D eigenvalue weighted by atomic mass is 9.93. The fourth-order valence-electron chi connectivity index (χ4n) is 3.21. The van der Waals surface area contributed by atoms with Crippen LogP contribution in [0.15, 0.2) is 6.07 Å². The van der Waals surface area contributed by atoms with E-state index in [1.54, 1.807) is 7.11 Å². The van der Waals surface area contributed by atoms with Crippen molar-refractivity contribution in [3.8, 4) is 5.75 Å². The summed E-state index contributed by atoms with van der Waals surface area (Å²) < 4.78 is 5.47. The molecule has 1 aliphatic heterocycles. The smallest absolute Gasteiger partial charge is 0.124 e. The highest BCUT2D eigenvalue weighted by Gasteiger charge is 2.25. The molecule has 0 aromatic heterocycles. The summed E-state index contributed by atoms with van der Waals surface area (Å²) in [6.07, 6.45) is 2.48. The Morgan fingerprint density at radius 2 is 1.84 bits per heavy atom. The van der Waals surface area contributed by atoms with Crippen molar-refractivity contribution in [3.05, 3.63) is 28.3 Å². The molecule has 1 aromatic rings. The second kappa shape index (κ2) is 5.93. The van der Waals surface area contributed by atoms with Gasteiger partial charge >= 0.3 is 0 Å². The normalized spacial score (nSPS) is 17.7. The number of ether oxygens (including phenoxy) is 1. The molecule has 0 aliphatic carbocycles. The quantitative estimate of drug-likeness (QED) is 0.906. The molecule has 1 saturated heterocycles. The van der Waals surface area contributed by atoms with Gasteiger partial charge in [-0.05, 0) is 69.0 Å². The van der Waals surface area contributed by atoms with Gasteiger partial charge in [-0.2, -0.15) is 0 Å². The van der Waals surface area contributed by atoms with Crippen LogP contribution in [0.25, 0.3) is 0 Å². The Hall–Kier alpha value is -1.06. The van der Waals surface area contributed by atoms with E-state index in [1.165, 1.54) is 29.5 Å². The lowest BCUT2D eigenvalue weighted by Crippen LogP contribution is -2.29. The van der Waals surface area contributed by atoms with Crippen LogP contribution in [-0.4, -0.2) is 36.8 Å². The Balaban J connectivity index is 2.42. The van der Waals surface area contributed by atoms with Crippen LogP contribution < -0.4 is 4.74 Å². The van der Waals surface area contributed by atoms with Gasteiger partial charge in [-0.25, -0.2) is 0 Å². The molecule has 1 aliphatic rings. The predicted octanol–water partition coefficient (Wildman–Crippen LogP) is 2.75. The van der Waals surface area contributed by atoms with Gasteiger partial charge in [0.1, 0.15) is 5.75 Å². The van der Waals surface area contributed by atoms with Crippen molar-refractivity contribution in [3.63, 3.8) is 0 Å². The van der Waals surface area contributed by atoms with E-state index in [9.17, 15) is 5.11 Å². The summed E-state index contributed by atoms with van der Waals surface area (Å²) in [6, 6.07) is 2.31. The van der Waals surface area contributed by atoms with Crippen LogP contribution in [0.2, 0.25) is 0 Å². The summed E-state index contributed by atoms with van der Waals surface area (Å²) in [6.45, 7) is 8.68. The van der Waals surface area contributed by atoms with Crippen LogP contribution in [0.1, 0.15) is 41.1 Å². The van der Waals surface area contributed by atoms with Gasteiger partial charge in [0.25, 0.3) is 0 Å². The van der Waals surface area contributed by atoms with Crippen LogP contribution in [0.4, 0.5) is 0 Å². The summed E-state index contributed by atoms with van der Waals surface area (Å²) in [4.78, 5) is 2.40. The Morgan fingerprint density at radius 3 is 2.37 bits per heavy atom. The summed E-state index contributed by atoms with van der Waals surface area (Å²) in [7, 11) is 1.72. The molecule has 3 heteroatoms. The van der Waals surface area contributed by atoms with E-state index in [0.29, 0.717) is 0 Å². The van der Waals surface area contributed by atoms with Crippen LogP contribution in [0.3, 0.4) is 0 Å². The molecule has 1 heterocycles. The molecule has 0 amide bonds. The average Bonchev–Trinajstić information content (AvgIpc) is 2.90. The third-order valence-corrected chi connectivity index (χ3v) is 4.38. The molecule has 1 unspecified atom stereocenters. The maximum Gasteiger partial charge on any atom is 0.124 e. The highest BCUT2D eigenvalue weighted by atomic mass is 16.5. The lowest BCUT2D eigenvalue weighted by Gasteiger charge is -2.29. The van der Waals surface area contributed by atoms with Crippen LogP contribution in [0.5, 0.6) is 5.75 Å². The number of hydrogen-bond acceptors (Lipinski definition) is 3. The van der Waals surface area contributed by atoms with Crippen LogP contribution in [-0.2, 0) is 0 Å². The Morgan fingerprint density at radius 1 is 1.21 bits per heavy atom. The molecule has 0 bridgehead atoms. The van der Waals surface area contributed by atoms with E-state index in [0.717, 1.165) is 24.4 Å². The Labute approximate surface area is 116 Å². The van der Waals surface area contributed by atoms with Crippen molar-refractivity contribution >= 4 is 0 Å². The standard InChI is InChI=1S/C16H25NO2/c1-11-9-14(12(2)13(3)16(11)19-4)15(10-18)17-7-5-6-8-17/h9,15,18H,5-8,10H2,1-4H3. The van der Waals surface area contributed by atoms with E-state index >= 15 is 0 Å². The number of likely N-dealkylation sites (tertiary alicyclic amines) is 1. The average molecular weight is 263 g/mol. The molecule has 0 spiro atoms. The number of methoxy groups -OCH3 is 1. The molecule has 106 valence electrons. The highest BCUT2D eigenvalue weighted by Crippen LogP contribution is 2.34. The Kier molecular flexibility index (Phi) is 4.48. The number of nitrogens with zero attached hydrogens (tertiary/aromatic N) is 1. The summed E-state index contributed by atoms with van der Waals surface area (Å²) in [5.41, 5.74) is 4.84. The van der Waals surface area contributed by atoms with E-state index in [1.807, 2.05) is 0 Å². The molecule has 1 atom stereocenters. The van der Waals surface area contributed by atoms with Crippen molar-refractivity contribution in [2.45, 2.75) is 39.7 Å². The van der Waals surface area contributed by atoms with Crippen LogP contribution in [0, 0.1) is 20.8 Å². The monoisotopic (exact) mass is 263 g/mol. The molecular weight excluding hydrogens is 238 g/mol. The molecule has 3 nitrogen and oxygen atoms in total. The number of aliphatic hydroxyl groups excluding tert-OH is 1. The summed E-state index contributed by atoms with van der Waals surface area (Å²) in [5, 5.41) is 9.80. The predicted molar refractivity (Wildman–Crippen MR) is 77.8 cm³/mol. The second-order valence-corrected chi connectivity index (χ2v) is 5.51. The zero-order chi connectivity index (χ0) is 14.0. The van der Waals surface area contributed by atoms with E-state index in [2.05, 4.69) is 31.7 Å². The van der Waals surface area contributed by atoms with E-state index in [4.69, 9.17) is 4.74 Å². The van der Waals surface area contributed by atoms with Gasteiger partial charge in [-0.15, -0.1) is 0 Å². The van der Waals surface area contributed by atoms with Gasteiger partial charge in [0.05, 0.1) is 19.8 Å². The number of benzene rings is 1. The molecular formula is C16H25NO2. The van der Waals surface area contributed by atoms with Crippen molar-refractivity contribution in [1.29, 1.82) is 0 Å². The zero-order valence-electron chi connectivity index (χ0n) is 12.5. The van der Waals surface area contributed by atoms with E-state index < -0.39 is 0 Å². The van der Waals surface area contributed by atoms with Gasteiger partial charge in [0.15, 0.2) is 0 Å². The van der Waals surface area contributed by atoms with Gasteiger partial charge in [-0.1, -0.05) is 6.07 Å². The minimum Gasteiger partial charge on any atom is -0.496 e. The zero-order valence-corrected chi connectivity index (χ0v) is 12.5. The second-order valence-electron chi connectivity index (χ2n) is 5.51. The number of aliphatic hydroxyl groups is 1. The van der Waals surface area contributed by atoms with Gasteiger partial charge < -0.3 is 9.84 Å². The summed E-state index contributed by atoms with van der Waals surface area (Å²) in [5.74, 6) is 0.972. The third-order valence-electron chi connectivity index (χ3n) is 4.38. The molecule has 0 saturated carbocycles. The molecule has 1 fully saturated rings. The minimum atomic E-state index is 0.130. The number of rotatable bonds is 4. The van der Waals surface area contributed by atoms with Crippen molar-refractivity contribution in [1.82, 2.24) is 4.90 Å². The van der Waals surface area contributed by atoms with Crippen molar-refractivity contribution < 1.29 is 9.84 Å². The largest absolute Gasteiger partial charge is 0.496 e. The number of aryl methyl sites for hydroxylation is 1. The molecule has 1 aromatic carbocycles. The first-order chi connectivity index (χ1) is 9.10. The first-order valence-corrected chi connectivity index (χ1v) is 7.09. The van der Waals surface area contributed by atoms with Gasteiger partial charge in [0.2, 0.25) is 0 Å². The summed E-state index contributed by atoms with van der Waals surface area (Å²) >= 11 is 0. The fourth-order valence-corrected chi connectivity index (χ4v) is 3.21. The molecule has 2 rings (SSSR count). The van der Waals surface area contributed by atoms with Crippen molar-refractivity contribution in [2.75, 3.05) is 26.8 Å². The van der Waals surface area contributed by atoms with Gasteiger partial charge in [0, 0.05) is 0 Å². The highest BCUT2D eigenvalue weighted by molar-refractivity contribution is 5.50.